The van der Waals surface area contributed by atoms with Crippen LogP contribution in [0, 0.1) is 17.8 Å². The van der Waals surface area contributed by atoms with Crippen LogP contribution < -0.4 is 4.90 Å². The van der Waals surface area contributed by atoms with Crippen LogP contribution in [0.2, 0.25) is 0 Å². The Kier molecular flexibility index (Phi) is 9.30. The molecule has 1 heteroatoms. The average Bonchev–Trinajstić information content (AvgIpc) is 3.22. The highest BCUT2D eigenvalue weighted by Gasteiger charge is 2.31. The van der Waals surface area contributed by atoms with E-state index in [1.807, 2.05) is 12.2 Å². The summed E-state index contributed by atoms with van der Waals surface area (Å²) >= 11 is 0. The van der Waals surface area contributed by atoms with Crippen LogP contribution in [-0.2, 0) is 0 Å². The maximum absolute atomic E-state index is 3.80. The van der Waals surface area contributed by atoms with E-state index in [9.17, 15) is 0 Å². The molecule has 0 aliphatic heterocycles. The molecule has 1 nitrogen and oxygen atoms in total. The summed E-state index contributed by atoms with van der Waals surface area (Å²) in [4.78, 5) is 2.38. The molecule has 1 aliphatic carbocycles. The Bertz CT molecular complexity index is 1500. The summed E-state index contributed by atoms with van der Waals surface area (Å²) in [5.74, 6) is 0. The second-order valence-corrected chi connectivity index (χ2v) is 11.8. The van der Waals surface area contributed by atoms with Crippen molar-refractivity contribution in [2.24, 2.45) is 10.8 Å². The van der Waals surface area contributed by atoms with Gasteiger partial charge in [-0.05, 0) is 65.1 Å². The molecule has 0 radical (unpaired) electrons. The third-order valence-corrected chi connectivity index (χ3v) is 8.43. The van der Waals surface area contributed by atoms with E-state index in [0.717, 1.165) is 12.1 Å². The van der Waals surface area contributed by atoms with Crippen molar-refractivity contribution in [3.05, 3.63) is 157 Å². The van der Waals surface area contributed by atoms with Crippen molar-refractivity contribution in [2.75, 3.05) is 4.90 Å². The standard InChI is InChI=1S/C30H25N.C10H18/c1-23-15-19-27(20-16-23)31(30-14-8-6-12-26-11-5-7-13-29(26)30)28-21-17-25(18-22-28)24-9-3-2-4-10-24;1-7-9(3,4)10(5,6)8-2/h2-7,9-22H,8H2,1H3;7-8H,1-2H2,3-6H3. The van der Waals surface area contributed by atoms with Crippen molar-refractivity contribution in [3.8, 4) is 11.1 Å². The average molecular weight is 538 g/mol. The van der Waals surface area contributed by atoms with Crippen LogP contribution in [0.1, 0.15) is 50.8 Å². The van der Waals surface area contributed by atoms with Gasteiger partial charge in [-0.1, -0.05) is 143 Å². The third kappa shape index (κ3) is 6.87. The van der Waals surface area contributed by atoms with Crippen molar-refractivity contribution in [1.82, 2.24) is 0 Å². The van der Waals surface area contributed by atoms with Crippen molar-refractivity contribution in [3.63, 3.8) is 0 Å². The van der Waals surface area contributed by atoms with E-state index in [-0.39, 0.29) is 10.8 Å². The molecule has 0 heterocycles. The van der Waals surface area contributed by atoms with Gasteiger partial charge in [0.25, 0.3) is 0 Å². The minimum atomic E-state index is 0.134. The smallest absolute Gasteiger partial charge is 0.0503 e. The highest BCUT2D eigenvalue weighted by Crippen LogP contribution is 2.40. The summed E-state index contributed by atoms with van der Waals surface area (Å²) in [5.41, 5.74) is 10.0. The van der Waals surface area contributed by atoms with Gasteiger partial charge in [0.1, 0.15) is 0 Å². The maximum Gasteiger partial charge on any atom is 0.0503 e. The van der Waals surface area contributed by atoms with E-state index >= 15 is 0 Å². The van der Waals surface area contributed by atoms with Crippen LogP contribution in [0.25, 0.3) is 22.9 Å². The largest absolute Gasteiger partial charge is 0.310 e. The number of benzene rings is 4. The molecule has 1 aliphatic rings. The fraction of sp³-hybridized carbons (Fsp3) is 0.200. The molecule has 0 aromatic heterocycles. The predicted octanol–water partition coefficient (Wildman–Crippen LogP) is 11.7. The van der Waals surface area contributed by atoms with Gasteiger partial charge in [0.15, 0.2) is 0 Å². The second-order valence-electron chi connectivity index (χ2n) is 11.8. The molecule has 0 saturated carbocycles. The number of aryl methyl sites for hydroxylation is 1. The first kappa shape index (κ1) is 29.6. The first-order chi connectivity index (χ1) is 19.7. The van der Waals surface area contributed by atoms with Crippen LogP contribution in [0.15, 0.2) is 141 Å². The van der Waals surface area contributed by atoms with Gasteiger partial charge in [0.05, 0.1) is 5.70 Å². The molecular weight excluding hydrogens is 494 g/mol. The summed E-state index contributed by atoms with van der Waals surface area (Å²) in [7, 11) is 0. The van der Waals surface area contributed by atoms with E-state index in [1.54, 1.807) is 0 Å². The number of anilines is 2. The van der Waals surface area contributed by atoms with Crippen LogP contribution in [-0.4, -0.2) is 0 Å². The van der Waals surface area contributed by atoms with Gasteiger partial charge in [0.2, 0.25) is 0 Å². The van der Waals surface area contributed by atoms with E-state index in [4.69, 9.17) is 0 Å². The van der Waals surface area contributed by atoms with Crippen molar-refractivity contribution < 1.29 is 0 Å². The summed E-state index contributed by atoms with van der Waals surface area (Å²) < 4.78 is 0. The number of hydrogen-bond acceptors (Lipinski definition) is 1. The molecule has 4 aromatic rings. The lowest BCUT2D eigenvalue weighted by Crippen LogP contribution is -2.27. The minimum Gasteiger partial charge on any atom is -0.310 e. The highest BCUT2D eigenvalue weighted by molar-refractivity contribution is 5.91. The Morgan fingerprint density at radius 1 is 0.634 bits per heavy atom. The molecule has 0 unspecified atom stereocenters. The summed E-state index contributed by atoms with van der Waals surface area (Å²) in [6, 6.07) is 36.8. The van der Waals surface area contributed by atoms with E-state index in [1.165, 1.54) is 39.2 Å². The summed E-state index contributed by atoms with van der Waals surface area (Å²) in [6.45, 7) is 18.4. The molecule has 41 heavy (non-hydrogen) atoms. The first-order valence-corrected chi connectivity index (χ1v) is 14.4. The molecule has 0 N–H and O–H groups in total. The van der Waals surface area contributed by atoms with Gasteiger partial charge < -0.3 is 4.90 Å². The zero-order valence-electron chi connectivity index (χ0n) is 25.3. The summed E-state index contributed by atoms with van der Waals surface area (Å²) in [6.07, 6.45) is 11.7. The molecule has 0 saturated heterocycles. The van der Waals surface area contributed by atoms with E-state index in [0.29, 0.717) is 0 Å². The molecule has 4 aromatic carbocycles. The molecule has 0 atom stereocenters. The Morgan fingerprint density at radius 3 is 1.73 bits per heavy atom. The maximum atomic E-state index is 3.80. The number of hydrogen-bond donors (Lipinski definition) is 0. The lowest BCUT2D eigenvalue weighted by Gasteiger charge is -2.36. The Labute approximate surface area is 247 Å². The molecular formula is C40H43N. The van der Waals surface area contributed by atoms with Gasteiger partial charge in [-0.25, -0.2) is 0 Å². The van der Waals surface area contributed by atoms with E-state index in [2.05, 4.69) is 174 Å². The van der Waals surface area contributed by atoms with Gasteiger partial charge in [0, 0.05) is 16.9 Å². The number of nitrogens with zero attached hydrogens (tertiary/aromatic N) is 1. The SMILES string of the molecule is C=CC(C)(C)C(C)(C)C=C.Cc1ccc(N(C2=CCC=Cc3ccccc32)c2ccc(-c3ccccc3)cc2)cc1. The summed E-state index contributed by atoms with van der Waals surface area (Å²) in [5, 5.41) is 0. The van der Waals surface area contributed by atoms with Gasteiger partial charge in [-0.2, -0.15) is 0 Å². The Balaban J connectivity index is 0.000000334. The quantitative estimate of drug-likeness (QED) is 0.212. The number of fused-ring (bicyclic) bond motifs is 1. The molecule has 0 fully saturated rings. The van der Waals surface area contributed by atoms with Gasteiger partial charge in [-0.3, -0.25) is 0 Å². The predicted molar refractivity (Wildman–Crippen MR) is 181 cm³/mol. The van der Waals surface area contributed by atoms with Crippen molar-refractivity contribution in [2.45, 2.75) is 41.0 Å². The second kappa shape index (κ2) is 12.9. The molecule has 0 bridgehead atoms. The lowest BCUT2D eigenvalue weighted by atomic mass is 9.68. The first-order valence-electron chi connectivity index (χ1n) is 14.4. The van der Waals surface area contributed by atoms with Crippen molar-refractivity contribution in [1.29, 1.82) is 0 Å². The molecule has 208 valence electrons. The van der Waals surface area contributed by atoms with Crippen molar-refractivity contribution >= 4 is 23.1 Å². The lowest BCUT2D eigenvalue weighted by molar-refractivity contribution is 0.234. The number of rotatable bonds is 7. The van der Waals surface area contributed by atoms with Gasteiger partial charge >= 0.3 is 0 Å². The van der Waals surface area contributed by atoms with Gasteiger partial charge in [-0.15, -0.1) is 13.2 Å². The highest BCUT2D eigenvalue weighted by atomic mass is 15.1. The van der Waals surface area contributed by atoms with Crippen LogP contribution in [0.3, 0.4) is 0 Å². The van der Waals surface area contributed by atoms with Crippen LogP contribution >= 0.6 is 0 Å². The molecule has 5 rings (SSSR count). The monoisotopic (exact) mass is 537 g/mol. The van der Waals surface area contributed by atoms with Crippen LogP contribution in [0.4, 0.5) is 11.4 Å². The topological polar surface area (TPSA) is 3.24 Å². The fourth-order valence-corrected chi connectivity index (χ4v) is 4.65. The normalized spacial score (nSPS) is 12.7. The molecule has 0 amide bonds. The minimum absolute atomic E-state index is 0.134. The Morgan fingerprint density at radius 2 is 1.15 bits per heavy atom. The van der Waals surface area contributed by atoms with Crippen LogP contribution in [0.5, 0.6) is 0 Å². The third-order valence-electron chi connectivity index (χ3n) is 8.43. The molecule has 0 spiro atoms. The Hall–Kier alpha value is -4.36. The zero-order valence-corrected chi connectivity index (χ0v) is 25.3. The fourth-order valence-electron chi connectivity index (χ4n) is 4.65. The zero-order chi connectivity index (χ0) is 29.5. The number of allylic oxidation sites excluding steroid dienone is 4. The van der Waals surface area contributed by atoms with E-state index < -0.39 is 0 Å².